The number of benzene rings is 1. The van der Waals surface area contributed by atoms with Gasteiger partial charge in [0.15, 0.2) is 11.4 Å². The molecule has 0 unspecified atom stereocenters. The number of carbonyl (C=O) groups excluding carboxylic acids is 3. The highest BCUT2D eigenvalue weighted by atomic mass is 16.5. The maximum absolute atomic E-state index is 13.7. The van der Waals surface area contributed by atoms with Crippen molar-refractivity contribution in [1.82, 2.24) is 0 Å². The molecule has 0 heterocycles. The van der Waals surface area contributed by atoms with Crippen LogP contribution in [0.3, 0.4) is 0 Å². The lowest BCUT2D eigenvalue weighted by atomic mass is 9.60. The molecule has 9 heteroatoms. The van der Waals surface area contributed by atoms with Gasteiger partial charge in [-0.25, -0.2) is 0 Å². The van der Waals surface area contributed by atoms with E-state index in [9.17, 15) is 29.7 Å². The lowest BCUT2D eigenvalue weighted by Crippen LogP contribution is -2.58. The molecular weight excluding hydrogens is 428 g/mol. The average Bonchev–Trinajstić information content (AvgIpc) is 2.73. The molecule has 1 aromatic carbocycles. The number of phenolic OH excluding ortho intramolecular Hbond substituents is 1. The number of aliphatic hydroxyl groups excluding tert-OH is 2. The van der Waals surface area contributed by atoms with Gasteiger partial charge in [-0.1, -0.05) is 6.92 Å². The minimum atomic E-state index is -2.00. The molecule has 33 heavy (non-hydrogen) atoms. The summed E-state index contributed by atoms with van der Waals surface area (Å²) in [5.74, 6) is -4.99. The van der Waals surface area contributed by atoms with Gasteiger partial charge in [-0.2, -0.15) is 0 Å². The first-order chi connectivity index (χ1) is 15.5. The predicted molar refractivity (Wildman–Crippen MR) is 119 cm³/mol. The van der Waals surface area contributed by atoms with Crippen molar-refractivity contribution in [1.29, 1.82) is 0 Å². The van der Waals surface area contributed by atoms with E-state index in [0.717, 1.165) is 5.69 Å². The van der Waals surface area contributed by atoms with Crippen LogP contribution in [0.4, 0.5) is 5.69 Å². The quantitative estimate of drug-likeness (QED) is 0.501. The van der Waals surface area contributed by atoms with Gasteiger partial charge in [-0.3, -0.25) is 14.4 Å². The second-order valence-electron chi connectivity index (χ2n) is 9.09. The molecule has 3 aliphatic carbocycles. The number of carbonyl (C=O) groups is 3. The van der Waals surface area contributed by atoms with Gasteiger partial charge in [-0.15, -0.1) is 0 Å². The first kappa shape index (κ1) is 22.8. The van der Waals surface area contributed by atoms with Crippen LogP contribution in [-0.4, -0.2) is 59.6 Å². The van der Waals surface area contributed by atoms with Crippen LogP contribution in [0.1, 0.15) is 41.3 Å². The summed E-state index contributed by atoms with van der Waals surface area (Å²) in [4.78, 5) is 40.8. The largest absolute Gasteiger partial charge is 0.511 e. The minimum absolute atomic E-state index is 0.00702. The number of hydrogen-bond donors (Lipinski definition) is 4. The molecule has 9 nitrogen and oxygen atoms in total. The molecule has 3 aliphatic rings. The number of phenols is 1. The van der Waals surface area contributed by atoms with E-state index < -0.39 is 52.0 Å². The number of ether oxygens (including phenoxy) is 1. The highest BCUT2D eigenvalue weighted by Gasteiger charge is 2.61. The molecule has 176 valence electrons. The molecule has 4 rings (SSSR count). The van der Waals surface area contributed by atoms with Crippen LogP contribution >= 0.6 is 0 Å². The smallest absolute Gasteiger partial charge is 0.255 e. The number of aromatic hydroxyl groups is 1. The van der Waals surface area contributed by atoms with Gasteiger partial charge in [0.1, 0.15) is 22.8 Å². The van der Waals surface area contributed by atoms with E-state index in [2.05, 4.69) is 0 Å². The lowest BCUT2D eigenvalue weighted by molar-refractivity contribution is -0.149. The number of fused-ring (bicyclic) bond motifs is 3. The fraction of sp³-hybridized carbons (Fsp3) is 0.458. The van der Waals surface area contributed by atoms with Crippen molar-refractivity contribution >= 4 is 23.2 Å². The van der Waals surface area contributed by atoms with Gasteiger partial charge in [-0.05, 0) is 42.4 Å². The third kappa shape index (κ3) is 2.91. The number of nitrogens with zero attached hydrogens (tertiary/aromatic N) is 1. The molecule has 0 saturated carbocycles. The number of anilines is 1. The van der Waals surface area contributed by atoms with E-state index in [-0.39, 0.29) is 29.7 Å². The Hall–Kier alpha value is -3.33. The van der Waals surface area contributed by atoms with Crippen molar-refractivity contribution in [2.45, 2.75) is 38.2 Å². The summed E-state index contributed by atoms with van der Waals surface area (Å²) in [6.45, 7) is 1.86. The SMILES string of the molecule is CCc1cc(N(C)C)c2c(c1O)C(=O)C1=C(O)[C@]3(OC)C(=O)C(C(N)=O)=C(O)C[C@@H]3C[C@@H]1C2. The molecular formula is C24H28N2O7. The lowest BCUT2D eigenvalue weighted by Gasteiger charge is -2.47. The Morgan fingerprint density at radius 1 is 1.24 bits per heavy atom. The molecule has 5 N–H and O–H groups in total. The molecule has 0 radical (unpaired) electrons. The van der Waals surface area contributed by atoms with Gasteiger partial charge in [0.2, 0.25) is 5.78 Å². The van der Waals surface area contributed by atoms with E-state index in [0.29, 0.717) is 24.0 Å². The van der Waals surface area contributed by atoms with Gasteiger partial charge in [0.25, 0.3) is 5.91 Å². The van der Waals surface area contributed by atoms with Crippen LogP contribution in [0.25, 0.3) is 0 Å². The minimum Gasteiger partial charge on any atom is -0.511 e. The maximum atomic E-state index is 13.7. The topological polar surface area (TPSA) is 150 Å². The zero-order chi connectivity index (χ0) is 24.4. The second-order valence-corrected chi connectivity index (χ2v) is 9.09. The zero-order valence-electron chi connectivity index (χ0n) is 19.1. The Labute approximate surface area is 191 Å². The van der Waals surface area contributed by atoms with Gasteiger partial charge >= 0.3 is 0 Å². The van der Waals surface area contributed by atoms with Crippen molar-refractivity contribution < 1.29 is 34.4 Å². The molecule has 0 fully saturated rings. The normalized spacial score (nSPS) is 26.7. The summed E-state index contributed by atoms with van der Waals surface area (Å²) in [5, 5.41) is 32.6. The number of allylic oxidation sites excluding steroid dienone is 2. The van der Waals surface area contributed by atoms with E-state index in [1.54, 1.807) is 0 Å². The van der Waals surface area contributed by atoms with Crippen LogP contribution < -0.4 is 10.6 Å². The number of ketones is 2. The van der Waals surface area contributed by atoms with Crippen LogP contribution in [0.2, 0.25) is 0 Å². The van der Waals surface area contributed by atoms with Crippen molar-refractivity contribution in [3.8, 4) is 5.75 Å². The van der Waals surface area contributed by atoms with Gasteiger partial charge in [0.05, 0.1) is 5.56 Å². The first-order valence-electron chi connectivity index (χ1n) is 10.9. The third-order valence-corrected chi connectivity index (χ3v) is 7.27. The molecule has 0 aromatic heterocycles. The van der Waals surface area contributed by atoms with E-state index in [1.807, 2.05) is 32.0 Å². The van der Waals surface area contributed by atoms with Crippen LogP contribution in [0.5, 0.6) is 5.75 Å². The Kier molecular flexibility index (Phi) is 5.28. The monoisotopic (exact) mass is 456 g/mol. The Balaban J connectivity index is 1.97. The highest BCUT2D eigenvalue weighted by Crippen LogP contribution is 2.53. The Morgan fingerprint density at radius 2 is 1.91 bits per heavy atom. The fourth-order valence-corrected chi connectivity index (χ4v) is 5.73. The summed E-state index contributed by atoms with van der Waals surface area (Å²) in [7, 11) is 4.91. The summed E-state index contributed by atoms with van der Waals surface area (Å²) < 4.78 is 5.52. The number of aryl methyl sites for hydroxylation is 1. The Bertz CT molecular complexity index is 1160. The van der Waals surface area contributed by atoms with Gasteiger partial charge in [0, 0.05) is 44.8 Å². The molecule has 0 bridgehead atoms. The number of primary amides is 1. The number of nitrogens with two attached hydrogens (primary N) is 1. The number of aliphatic hydroxyl groups is 2. The van der Waals surface area contributed by atoms with Crippen LogP contribution in [-0.2, 0) is 27.2 Å². The first-order valence-corrected chi connectivity index (χ1v) is 10.9. The van der Waals surface area contributed by atoms with Crippen molar-refractivity contribution in [3.05, 3.63) is 45.4 Å². The standard InChI is InChI=1S/C24H28N2O7/c1-5-10-8-14(26(2)3)13-7-11-6-12-9-15(27)18(23(25)32)22(31)24(12,33-4)21(30)16(11)20(29)17(13)19(10)28/h8,11-12,27-28,30H,5-7,9H2,1-4H3,(H2,25,32)/t11-,12+,24+/m1/s1. The number of amides is 1. The van der Waals surface area contributed by atoms with Crippen molar-refractivity contribution in [2.24, 2.45) is 17.6 Å². The van der Waals surface area contributed by atoms with Crippen molar-refractivity contribution in [3.63, 3.8) is 0 Å². The molecule has 0 saturated heterocycles. The summed E-state index contributed by atoms with van der Waals surface area (Å²) in [5.41, 5.74) is 4.85. The fourth-order valence-electron chi connectivity index (χ4n) is 5.73. The summed E-state index contributed by atoms with van der Waals surface area (Å²) in [6.07, 6.45) is 0.996. The molecule has 0 spiro atoms. The number of hydrogen-bond acceptors (Lipinski definition) is 8. The maximum Gasteiger partial charge on any atom is 0.255 e. The van der Waals surface area contributed by atoms with Crippen LogP contribution in [0.15, 0.2) is 28.7 Å². The second kappa shape index (κ2) is 7.62. The summed E-state index contributed by atoms with van der Waals surface area (Å²) in [6, 6.07) is 1.86. The number of rotatable bonds is 4. The highest BCUT2D eigenvalue weighted by molar-refractivity contribution is 6.24. The Morgan fingerprint density at radius 3 is 2.45 bits per heavy atom. The zero-order valence-corrected chi connectivity index (χ0v) is 19.1. The predicted octanol–water partition coefficient (Wildman–Crippen LogP) is 1.86. The van der Waals surface area contributed by atoms with Crippen LogP contribution in [0, 0.1) is 11.8 Å². The van der Waals surface area contributed by atoms with Crippen molar-refractivity contribution in [2.75, 3.05) is 26.1 Å². The molecule has 3 atom stereocenters. The van der Waals surface area contributed by atoms with E-state index in [4.69, 9.17) is 10.5 Å². The molecule has 0 aliphatic heterocycles. The number of methoxy groups -OCH3 is 1. The average molecular weight is 456 g/mol. The molecule has 1 aromatic rings. The third-order valence-electron chi connectivity index (χ3n) is 7.27. The van der Waals surface area contributed by atoms with Gasteiger partial charge < -0.3 is 30.7 Å². The number of Topliss-reactive ketones (excluding diaryl/α,β-unsaturated/α-hetero) is 2. The van der Waals surface area contributed by atoms with E-state index in [1.165, 1.54) is 7.11 Å². The summed E-state index contributed by atoms with van der Waals surface area (Å²) >= 11 is 0. The molecule has 1 amide bonds. The van der Waals surface area contributed by atoms with E-state index >= 15 is 0 Å².